The number of anilines is 1. The number of carboxylic acid groups (broad SMARTS) is 1. The van der Waals surface area contributed by atoms with E-state index < -0.39 is 5.97 Å². The van der Waals surface area contributed by atoms with Crippen molar-refractivity contribution < 1.29 is 19.5 Å². The summed E-state index contributed by atoms with van der Waals surface area (Å²) < 4.78 is 0. The summed E-state index contributed by atoms with van der Waals surface area (Å²) in [5.41, 5.74) is 2.80. The summed E-state index contributed by atoms with van der Waals surface area (Å²) in [5.74, 6) is -0.949. The Morgan fingerprint density at radius 1 is 1.00 bits per heavy atom. The third-order valence-electron chi connectivity index (χ3n) is 4.33. The molecule has 6 heteroatoms. The molecule has 2 N–H and O–H groups in total. The van der Waals surface area contributed by atoms with Crippen LogP contribution in [-0.2, 0) is 22.6 Å². The Morgan fingerprint density at radius 2 is 1.65 bits per heavy atom. The van der Waals surface area contributed by atoms with E-state index in [-0.39, 0.29) is 18.2 Å². The molecule has 1 aliphatic rings. The van der Waals surface area contributed by atoms with Gasteiger partial charge in [0.2, 0.25) is 5.91 Å². The molecule has 0 aromatic heterocycles. The van der Waals surface area contributed by atoms with E-state index in [0.29, 0.717) is 29.8 Å². The van der Waals surface area contributed by atoms with Crippen LogP contribution in [0.2, 0.25) is 0 Å². The highest BCUT2D eigenvalue weighted by molar-refractivity contribution is 6.04. The molecule has 2 aromatic carbocycles. The van der Waals surface area contributed by atoms with Gasteiger partial charge in [0.05, 0.1) is 6.42 Å². The van der Waals surface area contributed by atoms with Crippen LogP contribution in [0.5, 0.6) is 0 Å². The highest BCUT2D eigenvalue weighted by Gasteiger charge is 2.20. The highest BCUT2D eigenvalue weighted by Crippen LogP contribution is 2.16. The Balaban J connectivity index is 1.59. The Kier molecular flexibility index (Phi) is 5.31. The average molecular weight is 352 g/mol. The van der Waals surface area contributed by atoms with Gasteiger partial charge in [0.25, 0.3) is 5.91 Å². The van der Waals surface area contributed by atoms with Gasteiger partial charge in [-0.15, -0.1) is 0 Å². The van der Waals surface area contributed by atoms with Gasteiger partial charge in [0.15, 0.2) is 0 Å². The summed E-state index contributed by atoms with van der Waals surface area (Å²) in [5, 5.41) is 11.6. The SMILES string of the molecule is O=C(O)Cc1ccc(NC(=O)c2ccc(CN3CCCC3=O)cc2)cc1. The van der Waals surface area contributed by atoms with E-state index in [4.69, 9.17) is 5.11 Å². The molecule has 0 spiro atoms. The first-order valence-corrected chi connectivity index (χ1v) is 8.50. The zero-order chi connectivity index (χ0) is 18.5. The molecule has 1 heterocycles. The summed E-state index contributed by atoms with van der Waals surface area (Å²) in [4.78, 5) is 36.5. The van der Waals surface area contributed by atoms with Crippen molar-refractivity contribution in [1.82, 2.24) is 4.90 Å². The molecule has 0 radical (unpaired) electrons. The molecule has 6 nitrogen and oxygen atoms in total. The molecular formula is C20H20N2O4. The van der Waals surface area contributed by atoms with E-state index in [1.807, 2.05) is 17.0 Å². The van der Waals surface area contributed by atoms with E-state index >= 15 is 0 Å². The van der Waals surface area contributed by atoms with Crippen molar-refractivity contribution in [3.8, 4) is 0 Å². The number of carbonyl (C=O) groups is 3. The first kappa shape index (κ1) is 17.7. The highest BCUT2D eigenvalue weighted by atomic mass is 16.4. The molecule has 0 unspecified atom stereocenters. The van der Waals surface area contributed by atoms with Crippen LogP contribution in [0.25, 0.3) is 0 Å². The van der Waals surface area contributed by atoms with Gasteiger partial charge in [-0.3, -0.25) is 14.4 Å². The number of likely N-dealkylation sites (tertiary alicyclic amines) is 1. The minimum atomic E-state index is -0.891. The number of amides is 2. The lowest BCUT2D eigenvalue weighted by atomic mass is 10.1. The Bertz CT molecular complexity index is 813. The second kappa shape index (κ2) is 7.82. The number of carbonyl (C=O) groups excluding carboxylic acids is 2. The Labute approximate surface area is 151 Å². The molecule has 2 amide bonds. The summed E-state index contributed by atoms with van der Waals surface area (Å²) >= 11 is 0. The van der Waals surface area contributed by atoms with Gasteiger partial charge < -0.3 is 15.3 Å². The molecule has 26 heavy (non-hydrogen) atoms. The van der Waals surface area contributed by atoms with Crippen LogP contribution in [0.15, 0.2) is 48.5 Å². The van der Waals surface area contributed by atoms with Crippen molar-refractivity contribution in [3.63, 3.8) is 0 Å². The lowest BCUT2D eigenvalue weighted by Gasteiger charge is -2.15. The second-order valence-electron chi connectivity index (χ2n) is 6.34. The molecule has 0 saturated carbocycles. The fourth-order valence-electron chi connectivity index (χ4n) is 2.94. The topological polar surface area (TPSA) is 86.7 Å². The summed E-state index contributed by atoms with van der Waals surface area (Å²) in [6.45, 7) is 1.37. The molecule has 134 valence electrons. The van der Waals surface area contributed by atoms with Crippen molar-refractivity contribution in [2.45, 2.75) is 25.8 Å². The first-order valence-electron chi connectivity index (χ1n) is 8.50. The number of nitrogens with one attached hydrogen (secondary N) is 1. The molecule has 0 bridgehead atoms. The minimum absolute atomic E-state index is 0.0464. The fraction of sp³-hybridized carbons (Fsp3) is 0.250. The standard InChI is InChI=1S/C20H20N2O4/c23-18-2-1-11-22(18)13-15-3-7-16(8-4-15)20(26)21-17-9-5-14(6-10-17)12-19(24)25/h3-10H,1-2,11-13H2,(H,21,26)(H,24,25). The minimum Gasteiger partial charge on any atom is -0.481 e. The molecule has 1 fully saturated rings. The largest absolute Gasteiger partial charge is 0.481 e. The van der Waals surface area contributed by atoms with Crippen molar-refractivity contribution in [2.24, 2.45) is 0 Å². The molecule has 1 saturated heterocycles. The van der Waals surface area contributed by atoms with Gasteiger partial charge in [-0.2, -0.15) is 0 Å². The van der Waals surface area contributed by atoms with Crippen LogP contribution in [0.3, 0.4) is 0 Å². The zero-order valence-corrected chi connectivity index (χ0v) is 14.3. The zero-order valence-electron chi connectivity index (χ0n) is 14.3. The van der Waals surface area contributed by atoms with Gasteiger partial charge in [0, 0.05) is 30.8 Å². The summed E-state index contributed by atoms with van der Waals surface area (Å²) in [6, 6.07) is 13.9. The number of hydrogen-bond donors (Lipinski definition) is 2. The molecule has 2 aromatic rings. The molecule has 0 atom stereocenters. The smallest absolute Gasteiger partial charge is 0.307 e. The van der Waals surface area contributed by atoms with Gasteiger partial charge in [-0.05, 0) is 41.8 Å². The van der Waals surface area contributed by atoms with E-state index in [0.717, 1.165) is 18.5 Å². The number of hydrogen-bond acceptors (Lipinski definition) is 3. The number of carboxylic acids is 1. The Morgan fingerprint density at radius 3 is 2.23 bits per heavy atom. The summed E-state index contributed by atoms with van der Waals surface area (Å²) in [7, 11) is 0. The number of aliphatic carboxylic acids is 1. The monoisotopic (exact) mass is 352 g/mol. The van der Waals surface area contributed by atoms with Crippen LogP contribution in [0, 0.1) is 0 Å². The van der Waals surface area contributed by atoms with E-state index in [2.05, 4.69) is 5.32 Å². The second-order valence-corrected chi connectivity index (χ2v) is 6.34. The van der Waals surface area contributed by atoms with Crippen LogP contribution in [0.4, 0.5) is 5.69 Å². The van der Waals surface area contributed by atoms with Gasteiger partial charge in [-0.1, -0.05) is 24.3 Å². The first-order chi connectivity index (χ1) is 12.5. The van der Waals surface area contributed by atoms with Crippen LogP contribution in [-0.4, -0.2) is 34.3 Å². The van der Waals surface area contributed by atoms with Crippen LogP contribution >= 0.6 is 0 Å². The third kappa shape index (κ3) is 4.47. The van der Waals surface area contributed by atoms with Crippen molar-refractivity contribution in [3.05, 3.63) is 65.2 Å². The van der Waals surface area contributed by atoms with Crippen LogP contribution < -0.4 is 5.32 Å². The van der Waals surface area contributed by atoms with Crippen molar-refractivity contribution >= 4 is 23.5 Å². The van der Waals surface area contributed by atoms with Crippen molar-refractivity contribution in [1.29, 1.82) is 0 Å². The van der Waals surface area contributed by atoms with Gasteiger partial charge >= 0.3 is 5.97 Å². The number of rotatable bonds is 6. The lowest BCUT2D eigenvalue weighted by Crippen LogP contribution is -2.23. The molecular weight excluding hydrogens is 332 g/mol. The maximum absolute atomic E-state index is 12.3. The molecule has 0 aliphatic carbocycles. The lowest BCUT2D eigenvalue weighted by molar-refractivity contribution is -0.136. The number of nitrogens with zero attached hydrogens (tertiary/aromatic N) is 1. The predicted octanol–water partition coefficient (Wildman–Crippen LogP) is 2.69. The van der Waals surface area contributed by atoms with E-state index in [1.54, 1.807) is 36.4 Å². The summed E-state index contributed by atoms with van der Waals surface area (Å²) in [6.07, 6.45) is 1.48. The molecule has 3 rings (SSSR count). The molecule has 1 aliphatic heterocycles. The normalized spacial score (nSPS) is 13.7. The van der Waals surface area contributed by atoms with E-state index in [9.17, 15) is 14.4 Å². The van der Waals surface area contributed by atoms with Gasteiger partial charge in [-0.25, -0.2) is 0 Å². The van der Waals surface area contributed by atoms with Crippen LogP contribution in [0.1, 0.15) is 34.3 Å². The van der Waals surface area contributed by atoms with E-state index in [1.165, 1.54) is 0 Å². The Hall–Kier alpha value is -3.15. The fourth-order valence-corrected chi connectivity index (χ4v) is 2.94. The quantitative estimate of drug-likeness (QED) is 0.837. The average Bonchev–Trinajstić information content (AvgIpc) is 3.01. The predicted molar refractivity (Wildman–Crippen MR) is 96.8 cm³/mol. The maximum atomic E-state index is 12.3. The number of benzene rings is 2. The third-order valence-corrected chi connectivity index (χ3v) is 4.33. The van der Waals surface area contributed by atoms with Gasteiger partial charge in [0.1, 0.15) is 0 Å². The van der Waals surface area contributed by atoms with Crippen molar-refractivity contribution in [2.75, 3.05) is 11.9 Å². The maximum Gasteiger partial charge on any atom is 0.307 e.